The summed E-state index contributed by atoms with van der Waals surface area (Å²) >= 11 is 6.43. The first-order valence-corrected chi connectivity index (χ1v) is 11.0. The Morgan fingerprint density at radius 3 is 2.50 bits per heavy atom. The van der Waals surface area contributed by atoms with Crippen molar-refractivity contribution in [2.24, 2.45) is 0 Å². The number of aromatic nitrogens is 2. The molecule has 1 atom stereocenters. The van der Waals surface area contributed by atoms with Crippen LogP contribution < -0.4 is 26.5 Å². The molecule has 4 rings (SSSR count). The van der Waals surface area contributed by atoms with Crippen molar-refractivity contribution in [3.63, 3.8) is 0 Å². The number of H-pyrrole nitrogens is 1. The molecular formula is C20H22ClF3N6O4. The summed E-state index contributed by atoms with van der Waals surface area (Å²) in [4.78, 5) is 47.9. The van der Waals surface area contributed by atoms with E-state index < -0.39 is 29.7 Å². The van der Waals surface area contributed by atoms with Gasteiger partial charge < -0.3 is 10.2 Å². The number of carbonyl (C=O) groups is 1. The molecule has 2 aromatic rings. The SMILES string of the molecule is CCCn1c2c(c(=O)[nH]c1=O)N(c1ccccc1Cl)C(N1CCNCC1)N2OC(=O)C(F)(F)F. The van der Waals surface area contributed by atoms with Crippen LogP contribution in [0.1, 0.15) is 13.3 Å². The van der Waals surface area contributed by atoms with Crippen LogP contribution in [0, 0.1) is 0 Å². The number of anilines is 3. The van der Waals surface area contributed by atoms with Crippen LogP contribution in [0.3, 0.4) is 0 Å². The van der Waals surface area contributed by atoms with E-state index in [0.717, 1.165) is 4.57 Å². The number of hydrogen-bond acceptors (Lipinski definition) is 8. The van der Waals surface area contributed by atoms with E-state index in [9.17, 15) is 27.6 Å². The summed E-state index contributed by atoms with van der Waals surface area (Å²) in [5.41, 5.74) is -1.54. The molecule has 0 radical (unpaired) electrons. The Labute approximate surface area is 196 Å². The molecule has 0 spiro atoms. The van der Waals surface area contributed by atoms with Gasteiger partial charge in [0.15, 0.2) is 11.5 Å². The zero-order valence-corrected chi connectivity index (χ0v) is 18.8. The molecule has 184 valence electrons. The zero-order valence-electron chi connectivity index (χ0n) is 18.1. The Morgan fingerprint density at radius 2 is 1.88 bits per heavy atom. The van der Waals surface area contributed by atoms with Crippen LogP contribution in [0.4, 0.5) is 30.4 Å². The van der Waals surface area contributed by atoms with Crippen molar-refractivity contribution in [2.75, 3.05) is 36.1 Å². The monoisotopic (exact) mass is 502 g/mol. The van der Waals surface area contributed by atoms with E-state index in [2.05, 4.69) is 10.3 Å². The molecule has 0 saturated carbocycles. The van der Waals surface area contributed by atoms with E-state index >= 15 is 0 Å². The second kappa shape index (κ2) is 9.31. The van der Waals surface area contributed by atoms with E-state index in [1.165, 1.54) is 4.90 Å². The van der Waals surface area contributed by atoms with Crippen molar-refractivity contribution in [1.82, 2.24) is 19.8 Å². The molecule has 0 amide bonds. The fraction of sp³-hybridized carbons (Fsp3) is 0.450. The fourth-order valence-electron chi connectivity index (χ4n) is 4.10. The van der Waals surface area contributed by atoms with Gasteiger partial charge in [-0.3, -0.25) is 24.1 Å². The number of nitrogens with one attached hydrogen (secondary N) is 2. The molecule has 2 aliphatic heterocycles. The maximum Gasteiger partial charge on any atom is 0.493 e. The van der Waals surface area contributed by atoms with Gasteiger partial charge in [-0.1, -0.05) is 30.7 Å². The number of halogens is 4. The Morgan fingerprint density at radius 1 is 1.21 bits per heavy atom. The third-order valence-electron chi connectivity index (χ3n) is 5.49. The topological polar surface area (TPSA) is 103 Å². The van der Waals surface area contributed by atoms with Gasteiger partial charge in [0.25, 0.3) is 5.56 Å². The second-order valence-corrected chi connectivity index (χ2v) is 8.15. The summed E-state index contributed by atoms with van der Waals surface area (Å²) in [6.07, 6.45) is -6.08. The van der Waals surface area contributed by atoms with E-state index in [1.54, 1.807) is 36.1 Å². The molecule has 1 aromatic carbocycles. The van der Waals surface area contributed by atoms with Crippen molar-refractivity contribution in [2.45, 2.75) is 32.4 Å². The van der Waals surface area contributed by atoms with Gasteiger partial charge in [0.1, 0.15) is 0 Å². The minimum Gasteiger partial charge on any atom is -0.327 e. The van der Waals surface area contributed by atoms with Crippen molar-refractivity contribution >= 4 is 34.8 Å². The third kappa shape index (κ3) is 4.26. The lowest BCUT2D eigenvalue weighted by atomic mass is 10.2. The van der Waals surface area contributed by atoms with Gasteiger partial charge >= 0.3 is 17.8 Å². The predicted molar refractivity (Wildman–Crippen MR) is 118 cm³/mol. The lowest BCUT2D eigenvalue weighted by molar-refractivity contribution is -0.203. The first-order valence-electron chi connectivity index (χ1n) is 10.6. The summed E-state index contributed by atoms with van der Waals surface area (Å²) in [7, 11) is 0. The first kappa shape index (κ1) is 24.1. The minimum atomic E-state index is -5.30. The maximum absolute atomic E-state index is 13.2. The number of benzene rings is 1. The molecule has 14 heteroatoms. The normalized spacial score (nSPS) is 18.8. The lowest BCUT2D eigenvalue weighted by Crippen LogP contribution is -2.60. The zero-order chi connectivity index (χ0) is 24.6. The van der Waals surface area contributed by atoms with Gasteiger partial charge in [0.05, 0.1) is 10.7 Å². The van der Waals surface area contributed by atoms with E-state index in [4.69, 9.17) is 16.4 Å². The van der Waals surface area contributed by atoms with Crippen LogP contribution >= 0.6 is 11.6 Å². The number of rotatable bonds is 5. The molecule has 1 aromatic heterocycles. The maximum atomic E-state index is 13.2. The Kier molecular flexibility index (Phi) is 6.60. The van der Waals surface area contributed by atoms with Crippen LogP contribution in [-0.4, -0.2) is 59.1 Å². The number of para-hydroxylation sites is 1. The summed E-state index contributed by atoms with van der Waals surface area (Å²) in [5, 5.41) is 4.06. The lowest BCUT2D eigenvalue weighted by Gasteiger charge is -2.41. The molecule has 34 heavy (non-hydrogen) atoms. The molecule has 1 saturated heterocycles. The highest BCUT2D eigenvalue weighted by molar-refractivity contribution is 6.33. The van der Waals surface area contributed by atoms with Gasteiger partial charge in [-0.05, 0) is 18.6 Å². The highest BCUT2D eigenvalue weighted by atomic mass is 35.5. The minimum absolute atomic E-state index is 0.0582. The molecular weight excluding hydrogens is 481 g/mol. The Balaban J connectivity index is 2.00. The Hall–Kier alpha value is -3.03. The van der Waals surface area contributed by atoms with Crippen LogP contribution in [0.25, 0.3) is 0 Å². The van der Waals surface area contributed by atoms with Gasteiger partial charge in [0.2, 0.25) is 6.29 Å². The third-order valence-corrected chi connectivity index (χ3v) is 5.81. The number of carbonyl (C=O) groups excluding carboxylic acids is 1. The number of fused-ring (bicyclic) bond motifs is 1. The number of alkyl halides is 3. The Bertz CT molecular complexity index is 1190. The van der Waals surface area contributed by atoms with E-state index in [0.29, 0.717) is 43.4 Å². The van der Waals surface area contributed by atoms with Crippen molar-refractivity contribution in [1.29, 1.82) is 0 Å². The van der Waals surface area contributed by atoms with Gasteiger partial charge in [-0.25, -0.2) is 9.59 Å². The molecule has 3 heterocycles. The van der Waals surface area contributed by atoms with Crippen molar-refractivity contribution in [3.8, 4) is 0 Å². The van der Waals surface area contributed by atoms with Gasteiger partial charge in [-0.15, -0.1) is 5.06 Å². The molecule has 0 aliphatic carbocycles. The molecule has 0 bridgehead atoms. The van der Waals surface area contributed by atoms with E-state index in [-0.39, 0.29) is 23.1 Å². The smallest absolute Gasteiger partial charge is 0.327 e. The fourth-order valence-corrected chi connectivity index (χ4v) is 4.33. The van der Waals surface area contributed by atoms with E-state index in [1.807, 2.05) is 0 Å². The number of hydroxylamine groups is 1. The number of aromatic amines is 1. The predicted octanol–water partition coefficient (Wildman–Crippen LogP) is 1.77. The summed E-state index contributed by atoms with van der Waals surface area (Å²) in [6, 6.07) is 6.46. The van der Waals surface area contributed by atoms with Crippen LogP contribution in [-0.2, 0) is 16.2 Å². The standard InChI is InChI=1S/C20H22ClF3N6O4/c1-2-9-28-16-14(15(31)26-18(28)33)29(13-6-4-3-5-12(13)21)19(27-10-7-25-8-11-27)30(16)34-17(32)20(22,23)24/h3-6,19,25H,2,7-11H2,1H3,(H,26,31,33). The number of nitrogens with zero attached hydrogens (tertiary/aromatic N) is 4. The van der Waals surface area contributed by atoms with Crippen LogP contribution in [0.2, 0.25) is 5.02 Å². The van der Waals surface area contributed by atoms with Crippen LogP contribution in [0.5, 0.6) is 0 Å². The summed E-state index contributed by atoms with van der Waals surface area (Å²) in [5.74, 6) is -2.73. The molecule has 2 N–H and O–H groups in total. The second-order valence-electron chi connectivity index (χ2n) is 7.74. The molecule has 1 fully saturated rings. The average molecular weight is 503 g/mol. The highest BCUT2D eigenvalue weighted by Gasteiger charge is 2.51. The summed E-state index contributed by atoms with van der Waals surface area (Å²) < 4.78 is 40.8. The van der Waals surface area contributed by atoms with Gasteiger partial charge in [0, 0.05) is 32.7 Å². The molecule has 10 nitrogen and oxygen atoms in total. The number of hydrogen-bond donors (Lipinski definition) is 2. The number of piperazine rings is 1. The quantitative estimate of drug-likeness (QED) is 0.638. The first-order chi connectivity index (χ1) is 16.1. The average Bonchev–Trinajstić information content (AvgIpc) is 3.12. The molecule has 1 unspecified atom stereocenters. The largest absolute Gasteiger partial charge is 0.493 e. The summed E-state index contributed by atoms with van der Waals surface area (Å²) in [6.45, 7) is 3.53. The highest BCUT2D eigenvalue weighted by Crippen LogP contribution is 2.45. The van der Waals surface area contributed by atoms with Gasteiger partial charge in [-0.2, -0.15) is 13.2 Å². The molecule has 2 aliphatic rings. The van der Waals surface area contributed by atoms with Crippen LogP contribution in [0.15, 0.2) is 33.9 Å². The van der Waals surface area contributed by atoms with Crippen molar-refractivity contribution in [3.05, 3.63) is 50.1 Å². The van der Waals surface area contributed by atoms with Crippen molar-refractivity contribution < 1.29 is 22.8 Å².